The van der Waals surface area contributed by atoms with E-state index < -0.39 is 0 Å². The fourth-order valence-corrected chi connectivity index (χ4v) is 2.92. The molecule has 0 aliphatic carbocycles. The van der Waals surface area contributed by atoms with Crippen molar-refractivity contribution in [2.24, 2.45) is 0 Å². The average molecular weight is 409 g/mol. The fourth-order valence-electron chi connectivity index (χ4n) is 2.53. The van der Waals surface area contributed by atoms with Crippen LogP contribution in [-0.2, 0) is 0 Å². The largest absolute Gasteiger partial charge is 0.322 e. The average Bonchev–Trinajstić information content (AvgIpc) is 2.67. The molecule has 3 aromatic carbocycles. The molecule has 0 saturated carbocycles. The molecule has 3 rings (SSSR count). The van der Waals surface area contributed by atoms with Gasteiger partial charge in [-0.1, -0.05) is 46.3 Å². The van der Waals surface area contributed by atoms with Crippen LogP contribution >= 0.6 is 15.9 Å². The van der Waals surface area contributed by atoms with Crippen molar-refractivity contribution in [3.8, 4) is 0 Å². The number of halogens is 1. The standard InChI is InChI=1S/C21H17BrN2O2/c1-24(19-11-3-2-4-12-19)21(26)16-8-6-10-18(14-16)23-20(25)15-7-5-9-17(22)13-15/h2-14H,1H3,(H,23,25). The normalized spacial score (nSPS) is 10.2. The zero-order chi connectivity index (χ0) is 18.5. The summed E-state index contributed by atoms with van der Waals surface area (Å²) in [5.74, 6) is -0.373. The summed E-state index contributed by atoms with van der Waals surface area (Å²) in [5.41, 5.74) is 2.42. The van der Waals surface area contributed by atoms with E-state index in [1.54, 1.807) is 54.4 Å². The minimum Gasteiger partial charge on any atom is -0.322 e. The van der Waals surface area contributed by atoms with E-state index in [1.165, 1.54) is 0 Å². The van der Waals surface area contributed by atoms with Crippen LogP contribution < -0.4 is 10.2 Å². The van der Waals surface area contributed by atoms with E-state index in [2.05, 4.69) is 21.2 Å². The molecule has 0 aliphatic rings. The van der Waals surface area contributed by atoms with Gasteiger partial charge in [-0.2, -0.15) is 0 Å². The maximum Gasteiger partial charge on any atom is 0.258 e. The second-order valence-corrected chi connectivity index (χ2v) is 6.66. The fraction of sp³-hybridized carbons (Fsp3) is 0.0476. The second kappa shape index (κ2) is 7.97. The first-order valence-electron chi connectivity index (χ1n) is 8.05. The van der Waals surface area contributed by atoms with E-state index in [9.17, 15) is 9.59 Å². The van der Waals surface area contributed by atoms with Gasteiger partial charge in [-0.25, -0.2) is 0 Å². The lowest BCUT2D eigenvalue weighted by Crippen LogP contribution is -2.26. The van der Waals surface area contributed by atoms with Crippen LogP contribution in [0.4, 0.5) is 11.4 Å². The molecule has 1 N–H and O–H groups in total. The van der Waals surface area contributed by atoms with Gasteiger partial charge in [0.1, 0.15) is 0 Å². The van der Waals surface area contributed by atoms with Crippen LogP contribution in [0.25, 0.3) is 0 Å². The number of nitrogens with one attached hydrogen (secondary N) is 1. The maximum absolute atomic E-state index is 12.7. The topological polar surface area (TPSA) is 49.4 Å². The lowest BCUT2D eigenvalue weighted by atomic mass is 10.1. The van der Waals surface area contributed by atoms with Crippen LogP contribution in [0.3, 0.4) is 0 Å². The minimum absolute atomic E-state index is 0.144. The number of amides is 2. The summed E-state index contributed by atoms with van der Waals surface area (Å²) >= 11 is 3.35. The molecule has 4 nitrogen and oxygen atoms in total. The molecule has 0 aliphatic heterocycles. The number of carbonyl (C=O) groups is 2. The number of nitrogens with zero attached hydrogens (tertiary/aromatic N) is 1. The molecule has 2 amide bonds. The molecule has 0 heterocycles. The van der Waals surface area contributed by atoms with Crippen LogP contribution in [-0.4, -0.2) is 18.9 Å². The Hall–Kier alpha value is -2.92. The molecule has 0 bridgehead atoms. The van der Waals surface area contributed by atoms with E-state index in [0.29, 0.717) is 16.8 Å². The number of rotatable bonds is 4. The lowest BCUT2D eigenvalue weighted by Gasteiger charge is -2.17. The summed E-state index contributed by atoms with van der Waals surface area (Å²) in [6.45, 7) is 0. The number of anilines is 2. The number of para-hydroxylation sites is 1. The third-order valence-electron chi connectivity index (χ3n) is 3.90. The van der Waals surface area contributed by atoms with Crippen molar-refractivity contribution in [2.75, 3.05) is 17.3 Å². The van der Waals surface area contributed by atoms with E-state index in [1.807, 2.05) is 36.4 Å². The minimum atomic E-state index is -0.229. The van der Waals surface area contributed by atoms with Gasteiger partial charge in [-0.05, 0) is 48.5 Å². The van der Waals surface area contributed by atoms with Crippen LogP contribution in [0.5, 0.6) is 0 Å². The van der Waals surface area contributed by atoms with E-state index in [4.69, 9.17) is 0 Å². The van der Waals surface area contributed by atoms with E-state index >= 15 is 0 Å². The van der Waals surface area contributed by atoms with Gasteiger partial charge in [-0.3, -0.25) is 9.59 Å². The quantitative estimate of drug-likeness (QED) is 0.661. The van der Waals surface area contributed by atoms with Gasteiger partial charge in [0.05, 0.1) is 0 Å². The van der Waals surface area contributed by atoms with Gasteiger partial charge >= 0.3 is 0 Å². The number of benzene rings is 3. The highest BCUT2D eigenvalue weighted by Crippen LogP contribution is 2.18. The predicted octanol–water partition coefficient (Wildman–Crippen LogP) is 4.98. The van der Waals surface area contributed by atoms with Crippen molar-refractivity contribution in [2.45, 2.75) is 0 Å². The number of carbonyl (C=O) groups excluding carboxylic acids is 2. The number of hydrogen-bond donors (Lipinski definition) is 1. The summed E-state index contributed by atoms with van der Waals surface area (Å²) in [5, 5.41) is 2.83. The summed E-state index contributed by atoms with van der Waals surface area (Å²) in [4.78, 5) is 26.7. The molecular formula is C21H17BrN2O2. The molecule has 0 atom stereocenters. The summed E-state index contributed by atoms with van der Waals surface area (Å²) in [6, 6.07) is 23.5. The maximum atomic E-state index is 12.7. The SMILES string of the molecule is CN(C(=O)c1cccc(NC(=O)c2cccc(Br)c2)c1)c1ccccc1. The third kappa shape index (κ3) is 4.18. The Kier molecular flexibility index (Phi) is 5.49. The van der Waals surface area contributed by atoms with Gasteiger partial charge in [0.15, 0.2) is 0 Å². The van der Waals surface area contributed by atoms with Gasteiger partial charge < -0.3 is 10.2 Å². The molecule has 0 saturated heterocycles. The molecule has 0 radical (unpaired) electrons. The Bertz CT molecular complexity index is 942. The van der Waals surface area contributed by atoms with Crippen molar-refractivity contribution in [3.05, 3.63) is 94.5 Å². The van der Waals surface area contributed by atoms with Crippen molar-refractivity contribution >= 4 is 39.1 Å². The summed E-state index contributed by atoms with van der Waals surface area (Å²) in [6.07, 6.45) is 0. The van der Waals surface area contributed by atoms with Crippen LogP contribution in [0, 0.1) is 0 Å². The Morgan fingerprint density at radius 2 is 1.54 bits per heavy atom. The Balaban J connectivity index is 1.78. The van der Waals surface area contributed by atoms with Gasteiger partial charge in [0, 0.05) is 34.0 Å². The van der Waals surface area contributed by atoms with Crippen LogP contribution in [0.15, 0.2) is 83.3 Å². The smallest absolute Gasteiger partial charge is 0.258 e. The molecule has 0 fully saturated rings. The van der Waals surface area contributed by atoms with E-state index in [-0.39, 0.29) is 11.8 Å². The zero-order valence-electron chi connectivity index (χ0n) is 14.1. The van der Waals surface area contributed by atoms with Crippen molar-refractivity contribution in [3.63, 3.8) is 0 Å². The molecule has 0 unspecified atom stereocenters. The van der Waals surface area contributed by atoms with Crippen molar-refractivity contribution < 1.29 is 9.59 Å². The first-order chi connectivity index (χ1) is 12.5. The Morgan fingerprint density at radius 1 is 0.846 bits per heavy atom. The Morgan fingerprint density at radius 3 is 2.27 bits per heavy atom. The summed E-state index contributed by atoms with van der Waals surface area (Å²) < 4.78 is 0.832. The van der Waals surface area contributed by atoms with Gasteiger partial charge in [0.2, 0.25) is 0 Å². The van der Waals surface area contributed by atoms with Crippen LogP contribution in [0.2, 0.25) is 0 Å². The molecule has 0 aromatic heterocycles. The molecule has 0 spiro atoms. The van der Waals surface area contributed by atoms with Gasteiger partial charge in [-0.15, -0.1) is 0 Å². The molecule has 26 heavy (non-hydrogen) atoms. The second-order valence-electron chi connectivity index (χ2n) is 5.74. The molecule has 3 aromatic rings. The Labute approximate surface area is 160 Å². The summed E-state index contributed by atoms with van der Waals surface area (Å²) in [7, 11) is 1.73. The third-order valence-corrected chi connectivity index (χ3v) is 4.40. The van der Waals surface area contributed by atoms with Crippen LogP contribution in [0.1, 0.15) is 20.7 Å². The first kappa shape index (κ1) is 17.9. The lowest BCUT2D eigenvalue weighted by molar-refractivity contribution is 0.0990. The highest BCUT2D eigenvalue weighted by Gasteiger charge is 2.14. The monoisotopic (exact) mass is 408 g/mol. The highest BCUT2D eigenvalue weighted by molar-refractivity contribution is 9.10. The predicted molar refractivity (Wildman–Crippen MR) is 108 cm³/mol. The van der Waals surface area contributed by atoms with Crippen molar-refractivity contribution in [1.82, 2.24) is 0 Å². The van der Waals surface area contributed by atoms with Crippen molar-refractivity contribution in [1.29, 1.82) is 0 Å². The molecule has 5 heteroatoms. The zero-order valence-corrected chi connectivity index (χ0v) is 15.7. The van der Waals surface area contributed by atoms with Gasteiger partial charge in [0.25, 0.3) is 11.8 Å². The number of hydrogen-bond acceptors (Lipinski definition) is 2. The van der Waals surface area contributed by atoms with E-state index in [0.717, 1.165) is 10.2 Å². The molecule has 130 valence electrons. The highest BCUT2D eigenvalue weighted by atomic mass is 79.9. The molecular weight excluding hydrogens is 392 g/mol. The first-order valence-corrected chi connectivity index (χ1v) is 8.84.